The molecule has 4 rings (SSSR count). The van der Waals surface area contributed by atoms with Gasteiger partial charge in [-0.1, -0.05) is 78.4 Å². The molecular weight excluding hydrogens is 350 g/mol. The number of anilines is 1. The van der Waals surface area contributed by atoms with Crippen molar-refractivity contribution in [2.75, 3.05) is 4.90 Å². The average Bonchev–Trinajstić information content (AvgIpc) is 3.00. The fraction of sp³-hybridized carbons (Fsp3) is 0.0833. The van der Waals surface area contributed by atoms with E-state index in [1.54, 1.807) is 24.3 Å². The number of benzene rings is 3. The molecule has 3 aromatic rings. The smallest absolute Gasteiger partial charge is 0.300 e. The minimum atomic E-state index is -0.690. The van der Waals surface area contributed by atoms with Crippen molar-refractivity contribution < 1.29 is 14.7 Å². The molecule has 0 spiro atoms. The Labute approximate surface area is 163 Å². The Morgan fingerprint density at radius 1 is 0.821 bits per heavy atom. The first-order chi connectivity index (χ1) is 13.6. The van der Waals surface area contributed by atoms with Crippen LogP contribution in [0, 0.1) is 6.92 Å². The van der Waals surface area contributed by atoms with E-state index in [9.17, 15) is 14.7 Å². The number of amides is 1. The van der Waals surface area contributed by atoms with Gasteiger partial charge in [-0.05, 0) is 24.6 Å². The third-order valence-corrected chi connectivity index (χ3v) is 4.92. The van der Waals surface area contributed by atoms with Gasteiger partial charge in [-0.15, -0.1) is 0 Å². The third kappa shape index (κ3) is 2.99. The van der Waals surface area contributed by atoms with Crippen LogP contribution in [0.15, 0.2) is 90.5 Å². The third-order valence-electron chi connectivity index (χ3n) is 4.92. The highest BCUT2D eigenvalue weighted by Gasteiger charge is 2.46. The van der Waals surface area contributed by atoms with Gasteiger partial charge >= 0.3 is 0 Å². The summed E-state index contributed by atoms with van der Waals surface area (Å²) in [5.74, 6) is -1.49. The molecule has 0 saturated carbocycles. The number of hydrogen-bond donors (Lipinski definition) is 1. The lowest BCUT2D eigenvalue weighted by Gasteiger charge is -2.25. The fourth-order valence-electron chi connectivity index (χ4n) is 3.51. The molecule has 0 aliphatic carbocycles. The molecule has 1 heterocycles. The SMILES string of the molecule is Cc1ccc(/C(O)=C2\C(=O)C(=O)N(c3ccccc3)C2c2ccccc2)cc1. The van der Waals surface area contributed by atoms with E-state index >= 15 is 0 Å². The van der Waals surface area contributed by atoms with Gasteiger partial charge in [-0.25, -0.2) is 0 Å². The number of carbonyl (C=O) groups is 2. The van der Waals surface area contributed by atoms with Gasteiger partial charge < -0.3 is 5.11 Å². The predicted octanol–water partition coefficient (Wildman–Crippen LogP) is 4.62. The predicted molar refractivity (Wildman–Crippen MR) is 109 cm³/mol. The van der Waals surface area contributed by atoms with Crippen molar-refractivity contribution in [3.05, 3.63) is 107 Å². The molecule has 1 aliphatic rings. The Bertz CT molecular complexity index is 1050. The number of aliphatic hydroxyl groups is 1. The molecule has 1 amide bonds. The number of aliphatic hydroxyl groups excluding tert-OH is 1. The molecule has 1 fully saturated rings. The van der Waals surface area contributed by atoms with Gasteiger partial charge in [0.1, 0.15) is 5.76 Å². The summed E-state index contributed by atoms with van der Waals surface area (Å²) in [6, 6.07) is 24.9. The van der Waals surface area contributed by atoms with Crippen molar-refractivity contribution in [1.82, 2.24) is 0 Å². The molecule has 1 aliphatic heterocycles. The molecule has 0 radical (unpaired) electrons. The number of nitrogens with zero attached hydrogens (tertiary/aromatic N) is 1. The molecule has 4 nitrogen and oxygen atoms in total. The zero-order chi connectivity index (χ0) is 19.7. The lowest BCUT2D eigenvalue weighted by Crippen LogP contribution is -2.29. The largest absolute Gasteiger partial charge is 0.507 e. The molecule has 0 aromatic heterocycles. The van der Waals surface area contributed by atoms with Gasteiger partial charge in [0.25, 0.3) is 11.7 Å². The van der Waals surface area contributed by atoms with Crippen LogP contribution in [0.3, 0.4) is 0 Å². The quantitative estimate of drug-likeness (QED) is 0.416. The van der Waals surface area contributed by atoms with Crippen molar-refractivity contribution >= 4 is 23.1 Å². The average molecular weight is 369 g/mol. The van der Waals surface area contributed by atoms with Gasteiger partial charge in [-0.3, -0.25) is 14.5 Å². The summed E-state index contributed by atoms with van der Waals surface area (Å²) in [5.41, 5.74) is 3.03. The molecule has 0 bridgehead atoms. The van der Waals surface area contributed by atoms with Crippen LogP contribution in [-0.4, -0.2) is 16.8 Å². The van der Waals surface area contributed by atoms with E-state index < -0.39 is 17.7 Å². The highest BCUT2D eigenvalue weighted by Crippen LogP contribution is 2.41. The minimum Gasteiger partial charge on any atom is -0.507 e. The van der Waals surface area contributed by atoms with Gasteiger partial charge in [0.05, 0.1) is 11.6 Å². The summed E-state index contributed by atoms with van der Waals surface area (Å²) in [6.45, 7) is 1.95. The first-order valence-corrected chi connectivity index (χ1v) is 9.06. The molecule has 138 valence electrons. The first-order valence-electron chi connectivity index (χ1n) is 9.06. The Morgan fingerprint density at radius 2 is 1.39 bits per heavy atom. The van der Waals surface area contributed by atoms with Gasteiger partial charge in [0, 0.05) is 11.3 Å². The summed E-state index contributed by atoms with van der Waals surface area (Å²) < 4.78 is 0. The van der Waals surface area contributed by atoms with Gasteiger partial charge in [0.2, 0.25) is 0 Å². The molecule has 3 aromatic carbocycles. The highest BCUT2D eigenvalue weighted by atomic mass is 16.3. The van der Waals surface area contributed by atoms with Crippen molar-refractivity contribution in [1.29, 1.82) is 0 Å². The number of carbonyl (C=O) groups excluding carboxylic acids is 2. The van der Waals surface area contributed by atoms with E-state index in [4.69, 9.17) is 0 Å². The van der Waals surface area contributed by atoms with Crippen LogP contribution in [0.2, 0.25) is 0 Å². The van der Waals surface area contributed by atoms with Crippen LogP contribution in [0.4, 0.5) is 5.69 Å². The fourth-order valence-corrected chi connectivity index (χ4v) is 3.51. The molecule has 4 heteroatoms. The number of ketones is 1. The monoisotopic (exact) mass is 369 g/mol. The van der Waals surface area contributed by atoms with Crippen LogP contribution >= 0.6 is 0 Å². The van der Waals surface area contributed by atoms with Crippen LogP contribution < -0.4 is 4.90 Å². The Hall–Kier alpha value is -3.66. The second-order valence-corrected chi connectivity index (χ2v) is 6.78. The second-order valence-electron chi connectivity index (χ2n) is 6.78. The maximum Gasteiger partial charge on any atom is 0.300 e. The lowest BCUT2D eigenvalue weighted by atomic mass is 9.95. The molecule has 1 N–H and O–H groups in total. The minimum absolute atomic E-state index is 0.101. The second kappa shape index (κ2) is 7.16. The van der Waals surface area contributed by atoms with E-state index in [1.807, 2.05) is 67.6 Å². The summed E-state index contributed by atoms with van der Waals surface area (Å²) in [5, 5.41) is 11.0. The van der Waals surface area contributed by atoms with Crippen molar-refractivity contribution in [3.8, 4) is 0 Å². The standard InChI is InChI=1S/C24H19NO3/c1-16-12-14-18(15-13-16)22(26)20-21(17-8-4-2-5-9-17)25(24(28)23(20)27)19-10-6-3-7-11-19/h2-15,21,26H,1H3/b22-20+. The summed E-state index contributed by atoms with van der Waals surface area (Å²) in [7, 11) is 0. The Kier molecular flexibility index (Phi) is 4.53. The maximum atomic E-state index is 12.9. The zero-order valence-electron chi connectivity index (χ0n) is 15.4. The zero-order valence-corrected chi connectivity index (χ0v) is 15.4. The van der Waals surface area contributed by atoms with E-state index in [1.165, 1.54) is 4.90 Å². The molecule has 28 heavy (non-hydrogen) atoms. The molecular formula is C24H19NO3. The first kappa shape index (κ1) is 17.7. The van der Waals surface area contributed by atoms with Crippen LogP contribution in [-0.2, 0) is 9.59 Å². The Balaban J connectivity index is 1.94. The van der Waals surface area contributed by atoms with Crippen LogP contribution in [0.5, 0.6) is 0 Å². The van der Waals surface area contributed by atoms with Crippen LogP contribution in [0.25, 0.3) is 5.76 Å². The summed E-state index contributed by atoms with van der Waals surface area (Å²) in [4.78, 5) is 27.3. The number of hydrogen-bond acceptors (Lipinski definition) is 3. The van der Waals surface area contributed by atoms with Crippen molar-refractivity contribution in [3.63, 3.8) is 0 Å². The molecule has 1 atom stereocenters. The van der Waals surface area contributed by atoms with Crippen molar-refractivity contribution in [2.45, 2.75) is 13.0 Å². The van der Waals surface area contributed by atoms with E-state index in [-0.39, 0.29) is 11.3 Å². The molecule has 1 unspecified atom stereocenters. The molecule has 1 saturated heterocycles. The lowest BCUT2D eigenvalue weighted by molar-refractivity contribution is -0.132. The van der Waals surface area contributed by atoms with Gasteiger partial charge in [0.15, 0.2) is 0 Å². The Morgan fingerprint density at radius 3 is 2.00 bits per heavy atom. The number of para-hydroxylation sites is 1. The van der Waals surface area contributed by atoms with E-state index in [0.29, 0.717) is 11.3 Å². The summed E-state index contributed by atoms with van der Waals surface area (Å²) >= 11 is 0. The normalized spacial score (nSPS) is 18.5. The number of rotatable bonds is 3. The van der Waals surface area contributed by atoms with E-state index in [2.05, 4.69) is 0 Å². The van der Waals surface area contributed by atoms with Crippen LogP contribution in [0.1, 0.15) is 22.7 Å². The highest BCUT2D eigenvalue weighted by molar-refractivity contribution is 6.51. The number of Topliss-reactive ketones (excluding diaryl/α,β-unsaturated/α-hetero) is 1. The topological polar surface area (TPSA) is 57.6 Å². The van der Waals surface area contributed by atoms with E-state index in [0.717, 1.165) is 11.1 Å². The van der Waals surface area contributed by atoms with Gasteiger partial charge in [-0.2, -0.15) is 0 Å². The van der Waals surface area contributed by atoms with Crippen molar-refractivity contribution in [2.24, 2.45) is 0 Å². The number of aryl methyl sites for hydroxylation is 1. The summed E-state index contributed by atoms with van der Waals surface area (Å²) in [6.07, 6.45) is 0. The maximum absolute atomic E-state index is 12.9.